The van der Waals surface area contributed by atoms with Gasteiger partial charge in [-0.2, -0.15) is 13.2 Å². The quantitative estimate of drug-likeness (QED) is 0.813. The Morgan fingerprint density at radius 2 is 2.18 bits per heavy atom. The first-order valence-corrected chi connectivity index (χ1v) is 5.39. The molecule has 0 aliphatic carbocycles. The largest absolute Gasteiger partial charge is 0.490 e. The van der Waals surface area contributed by atoms with Crippen molar-refractivity contribution in [3.63, 3.8) is 0 Å². The molecule has 1 aliphatic rings. The second-order valence-electron chi connectivity index (χ2n) is 3.00. The van der Waals surface area contributed by atoms with Gasteiger partial charge in [0, 0.05) is 24.7 Å². The summed E-state index contributed by atoms with van der Waals surface area (Å²) in [4.78, 5) is 13.1. The van der Waals surface area contributed by atoms with E-state index in [4.69, 9.17) is 9.90 Å². The lowest BCUT2D eigenvalue weighted by Crippen LogP contribution is -2.21. The third kappa shape index (κ3) is 4.53. The number of hydrogen-bond donors (Lipinski definition) is 2. The van der Waals surface area contributed by atoms with Crippen LogP contribution in [-0.4, -0.2) is 35.3 Å². The highest BCUT2D eigenvalue weighted by atomic mass is 32.1. The van der Waals surface area contributed by atoms with Crippen molar-refractivity contribution in [2.75, 3.05) is 13.1 Å². The molecule has 0 amide bonds. The van der Waals surface area contributed by atoms with Crippen LogP contribution in [0.3, 0.4) is 0 Å². The van der Waals surface area contributed by atoms with Crippen LogP contribution in [0.2, 0.25) is 0 Å². The molecule has 94 valence electrons. The topological polar surface area (TPSA) is 62.2 Å². The first kappa shape index (κ1) is 13.7. The maximum Gasteiger partial charge on any atom is 0.490 e. The van der Waals surface area contributed by atoms with E-state index in [2.05, 4.69) is 16.4 Å². The average Bonchev–Trinajstić information content (AvgIpc) is 2.90. The van der Waals surface area contributed by atoms with Gasteiger partial charge >= 0.3 is 12.1 Å². The second kappa shape index (κ2) is 5.78. The minimum atomic E-state index is -5.08. The van der Waals surface area contributed by atoms with Crippen molar-refractivity contribution < 1.29 is 23.1 Å². The SMILES string of the molecule is C1=C(c2nccs2)CNC1.O=C(O)C(F)(F)F. The Balaban J connectivity index is 0.000000185. The van der Waals surface area contributed by atoms with Crippen LogP contribution in [0.1, 0.15) is 5.01 Å². The normalized spacial score (nSPS) is 14.9. The number of hydrogen-bond acceptors (Lipinski definition) is 4. The Bertz CT molecular complexity index is 401. The van der Waals surface area contributed by atoms with Gasteiger partial charge in [-0.05, 0) is 5.57 Å². The first-order valence-electron chi connectivity index (χ1n) is 4.51. The van der Waals surface area contributed by atoms with Gasteiger partial charge in [0.2, 0.25) is 0 Å². The Morgan fingerprint density at radius 3 is 2.53 bits per heavy atom. The van der Waals surface area contributed by atoms with E-state index in [1.807, 2.05) is 11.6 Å². The molecular formula is C9H9F3N2O2S. The van der Waals surface area contributed by atoms with Crippen LogP contribution in [0, 0.1) is 0 Å². The number of aliphatic carboxylic acids is 1. The predicted octanol–water partition coefficient (Wildman–Crippen LogP) is 1.76. The summed E-state index contributed by atoms with van der Waals surface area (Å²) < 4.78 is 31.7. The van der Waals surface area contributed by atoms with Crippen molar-refractivity contribution in [3.05, 3.63) is 22.7 Å². The minimum absolute atomic E-state index is 0.980. The highest BCUT2D eigenvalue weighted by Crippen LogP contribution is 2.17. The van der Waals surface area contributed by atoms with Crippen molar-refractivity contribution in [2.45, 2.75) is 6.18 Å². The van der Waals surface area contributed by atoms with E-state index in [1.165, 1.54) is 5.57 Å². The van der Waals surface area contributed by atoms with Crippen LogP contribution < -0.4 is 5.32 Å². The van der Waals surface area contributed by atoms with Gasteiger partial charge in [0.1, 0.15) is 5.01 Å². The summed E-state index contributed by atoms with van der Waals surface area (Å²) >= 11 is 1.70. The fourth-order valence-corrected chi connectivity index (χ4v) is 1.70. The standard InChI is InChI=1S/C7H8N2S.C2HF3O2/c1-2-8-5-6(1)7-9-3-4-10-7;3-2(4,5)1(6)7/h1,3-4,8H,2,5H2;(H,6,7). The maximum atomic E-state index is 10.6. The van der Waals surface area contributed by atoms with Crippen LogP contribution in [0.4, 0.5) is 13.2 Å². The molecule has 4 nitrogen and oxygen atoms in total. The minimum Gasteiger partial charge on any atom is -0.475 e. The van der Waals surface area contributed by atoms with E-state index in [-0.39, 0.29) is 0 Å². The fourth-order valence-electron chi connectivity index (χ4n) is 1.02. The van der Waals surface area contributed by atoms with Crippen LogP contribution in [0.5, 0.6) is 0 Å². The van der Waals surface area contributed by atoms with Crippen LogP contribution in [-0.2, 0) is 4.79 Å². The maximum absolute atomic E-state index is 10.6. The van der Waals surface area contributed by atoms with E-state index < -0.39 is 12.1 Å². The van der Waals surface area contributed by atoms with Crippen LogP contribution in [0.15, 0.2) is 17.7 Å². The molecule has 0 radical (unpaired) electrons. The molecule has 0 unspecified atom stereocenters. The van der Waals surface area contributed by atoms with E-state index >= 15 is 0 Å². The van der Waals surface area contributed by atoms with E-state index in [0.29, 0.717) is 0 Å². The number of nitrogens with one attached hydrogen (secondary N) is 1. The van der Waals surface area contributed by atoms with Crippen molar-refractivity contribution >= 4 is 22.9 Å². The molecule has 1 aromatic rings. The van der Waals surface area contributed by atoms with Gasteiger partial charge in [0.15, 0.2) is 0 Å². The lowest BCUT2D eigenvalue weighted by atomic mass is 10.3. The molecule has 0 aromatic carbocycles. The molecule has 17 heavy (non-hydrogen) atoms. The molecule has 0 fully saturated rings. The Morgan fingerprint density at radius 1 is 1.53 bits per heavy atom. The molecule has 8 heteroatoms. The van der Waals surface area contributed by atoms with Crippen molar-refractivity contribution in [1.82, 2.24) is 10.3 Å². The number of thiazole rings is 1. The average molecular weight is 266 g/mol. The van der Waals surface area contributed by atoms with E-state index in [1.54, 1.807) is 11.3 Å². The summed E-state index contributed by atoms with van der Waals surface area (Å²) in [5.74, 6) is -2.76. The number of halogens is 3. The fraction of sp³-hybridized carbons (Fsp3) is 0.333. The van der Waals surface area contributed by atoms with Crippen LogP contribution >= 0.6 is 11.3 Å². The molecule has 1 aromatic heterocycles. The predicted molar refractivity (Wildman–Crippen MR) is 56.7 cm³/mol. The summed E-state index contributed by atoms with van der Waals surface area (Å²) in [5, 5.41) is 13.5. The third-order valence-electron chi connectivity index (χ3n) is 1.76. The monoisotopic (exact) mass is 266 g/mol. The van der Waals surface area contributed by atoms with Gasteiger partial charge in [-0.25, -0.2) is 9.78 Å². The van der Waals surface area contributed by atoms with Gasteiger partial charge < -0.3 is 10.4 Å². The summed E-state index contributed by atoms with van der Waals surface area (Å²) in [6.45, 7) is 1.97. The number of carbonyl (C=O) groups is 1. The highest BCUT2D eigenvalue weighted by Gasteiger charge is 2.38. The molecule has 0 saturated carbocycles. The third-order valence-corrected chi connectivity index (χ3v) is 2.61. The van der Waals surface area contributed by atoms with Crippen molar-refractivity contribution in [3.8, 4) is 0 Å². The smallest absolute Gasteiger partial charge is 0.475 e. The molecular weight excluding hydrogens is 257 g/mol. The molecule has 0 saturated heterocycles. The molecule has 2 heterocycles. The summed E-state index contributed by atoms with van der Waals surface area (Å²) in [7, 11) is 0. The zero-order chi connectivity index (χ0) is 12.9. The van der Waals surface area contributed by atoms with Gasteiger partial charge in [0.05, 0.1) is 0 Å². The number of carboxylic acids is 1. The first-order chi connectivity index (χ1) is 7.91. The lowest BCUT2D eigenvalue weighted by molar-refractivity contribution is -0.192. The summed E-state index contributed by atoms with van der Waals surface area (Å²) in [5.41, 5.74) is 1.34. The Hall–Kier alpha value is -1.41. The van der Waals surface area contributed by atoms with Crippen molar-refractivity contribution in [1.29, 1.82) is 0 Å². The zero-order valence-electron chi connectivity index (χ0n) is 8.49. The lowest BCUT2D eigenvalue weighted by Gasteiger charge is -1.93. The van der Waals surface area contributed by atoms with Crippen LogP contribution in [0.25, 0.3) is 5.57 Å². The Kier molecular flexibility index (Phi) is 4.64. The molecule has 0 spiro atoms. The second-order valence-corrected chi connectivity index (χ2v) is 3.89. The Labute approximate surface area is 98.8 Å². The number of aromatic nitrogens is 1. The van der Waals surface area contributed by atoms with Crippen molar-refractivity contribution in [2.24, 2.45) is 0 Å². The molecule has 2 N–H and O–H groups in total. The number of carboxylic acid groups (broad SMARTS) is 1. The number of rotatable bonds is 1. The molecule has 2 rings (SSSR count). The zero-order valence-corrected chi connectivity index (χ0v) is 9.31. The summed E-state index contributed by atoms with van der Waals surface area (Å²) in [6, 6.07) is 0. The highest BCUT2D eigenvalue weighted by molar-refractivity contribution is 7.10. The molecule has 0 bridgehead atoms. The summed E-state index contributed by atoms with van der Waals surface area (Å²) in [6.07, 6.45) is -1.04. The van der Waals surface area contributed by atoms with Gasteiger partial charge in [0.25, 0.3) is 0 Å². The van der Waals surface area contributed by atoms with E-state index in [0.717, 1.165) is 18.1 Å². The van der Waals surface area contributed by atoms with Gasteiger partial charge in [-0.3, -0.25) is 0 Å². The van der Waals surface area contributed by atoms with Gasteiger partial charge in [-0.1, -0.05) is 6.08 Å². The molecule has 0 atom stereocenters. The number of alkyl halides is 3. The number of nitrogens with zero attached hydrogens (tertiary/aromatic N) is 1. The molecule has 1 aliphatic heterocycles. The van der Waals surface area contributed by atoms with E-state index in [9.17, 15) is 13.2 Å². The van der Waals surface area contributed by atoms with Gasteiger partial charge in [-0.15, -0.1) is 11.3 Å².